The van der Waals surface area contributed by atoms with Crippen LogP contribution in [0.25, 0.3) is 11.0 Å². The van der Waals surface area contributed by atoms with Crippen molar-refractivity contribution in [3.8, 4) is 0 Å². The van der Waals surface area contributed by atoms with Gasteiger partial charge < -0.3 is 9.32 Å². The first-order valence-corrected chi connectivity index (χ1v) is 9.55. The topological polar surface area (TPSA) is 63.4 Å². The van der Waals surface area contributed by atoms with Crippen LogP contribution in [0.3, 0.4) is 0 Å². The van der Waals surface area contributed by atoms with Crippen molar-refractivity contribution in [2.24, 2.45) is 0 Å². The van der Waals surface area contributed by atoms with Crippen LogP contribution in [-0.2, 0) is 6.54 Å². The molecule has 2 aromatic carbocycles. The molecule has 2 aromatic heterocycles. The van der Waals surface area contributed by atoms with Crippen molar-refractivity contribution >= 4 is 16.9 Å². The Morgan fingerprint density at radius 3 is 2.63 bits per heavy atom. The molecular formula is C24H17FN2O3. The summed E-state index contributed by atoms with van der Waals surface area (Å²) >= 11 is 0. The Balaban J connectivity index is 1.74. The predicted molar refractivity (Wildman–Crippen MR) is 110 cm³/mol. The number of hydrogen-bond donors (Lipinski definition) is 0. The number of hydrogen-bond acceptors (Lipinski definition) is 4. The Morgan fingerprint density at radius 1 is 1.10 bits per heavy atom. The van der Waals surface area contributed by atoms with E-state index in [1.807, 2.05) is 19.1 Å². The predicted octanol–water partition coefficient (Wildman–Crippen LogP) is 4.38. The van der Waals surface area contributed by atoms with E-state index in [2.05, 4.69) is 4.98 Å². The molecule has 0 aliphatic carbocycles. The molecule has 0 radical (unpaired) electrons. The highest BCUT2D eigenvalue weighted by atomic mass is 19.1. The summed E-state index contributed by atoms with van der Waals surface area (Å²) in [6, 6.07) is 14.1. The highest BCUT2D eigenvalue weighted by Gasteiger charge is 2.42. The number of carbonyl (C=O) groups is 1. The molecule has 5 rings (SSSR count). The van der Waals surface area contributed by atoms with Gasteiger partial charge in [-0.2, -0.15) is 0 Å². The van der Waals surface area contributed by atoms with Gasteiger partial charge >= 0.3 is 0 Å². The summed E-state index contributed by atoms with van der Waals surface area (Å²) in [6.07, 6.45) is 3.33. The maximum atomic E-state index is 13.6. The molecule has 0 N–H and O–H groups in total. The maximum Gasteiger partial charge on any atom is 0.291 e. The largest absolute Gasteiger partial charge is 0.450 e. The third-order valence-corrected chi connectivity index (χ3v) is 5.38. The number of aryl methyl sites for hydroxylation is 1. The highest BCUT2D eigenvalue weighted by Crippen LogP contribution is 2.39. The Labute approximate surface area is 171 Å². The number of fused-ring (bicyclic) bond motifs is 2. The zero-order chi connectivity index (χ0) is 20.8. The highest BCUT2D eigenvalue weighted by molar-refractivity contribution is 5.99. The lowest BCUT2D eigenvalue weighted by atomic mass is 9.98. The van der Waals surface area contributed by atoms with Crippen molar-refractivity contribution in [1.82, 2.24) is 9.88 Å². The van der Waals surface area contributed by atoms with Gasteiger partial charge in [0, 0.05) is 18.9 Å². The molecule has 5 nitrogen and oxygen atoms in total. The van der Waals surface area contributed by atoms with Crippen molar-refractivity contribution in [2.45, 2.75) is 19.5 Å². The van der Waals surface area contributed by atoms with Crippen molar-refractivity contribution in [2.75, 3.05) is 0 Å². The number of halogens is 1. The van der Waals surface area contributed by atoms with Crippen LogP contribution in [0.5, 0.6) is 0 Å². The molecule has 3 heterocycles. The zero-order valence-corrected chi connectivity index (χ0v) is 16.1. The quantitative estimate of drug-likeness (QED) is 0.512. The minimum absolute atomic E-state index is 0.0366. The van der Waals surface area contributed by atoms with Crippen LogP contribution >= 0.6 is 0 Å². The third kappa shape index (κ3) is 2.88. The van der Waals surface area contributed by atoms with Gasteiger partial charge in [-0.05, 0) is 48.4 Å². The van der Waals surface area contributed by atoms with Crippen LogP contribution in [0.1, 0.15) is 38.9 Å². The summed E-state index contributed by atoms with van der Waals surface area (Å²) in [6.45, 7) is 2.14. The second-order valence-corrected chi connectivity index (χ2v) is 7.42. The molecule has 0 unspecified atom stereocenters. The molecule has 1 atom stereocenters. The molecule has 148 valence electrons. The summed E-state index contributed by atoms with van der Waals surface area (Å²) in [7, 11) is 0. The number of nitrogens with zero attached hydrogens (tertiary/aromatic N) is 2. The van der Waals surface area contributed by atoms with Gasteiger partial charge in [0.1, 0.15) is 11.4 Å². The van der Waals surface area contributed by atoms with Gasteiger partial charge in [-0.1, -0.05) is 29.8 Å². The molecule has 0 saturated heterocycles. The van der Waals surface area contributed by atoms with E-state index >= 15 is 0 Å². The van der Waals surface area contributed by atoms with Crippen LogP contribution in [0.15, 0.2) is 76.2 Å². The van der Waals surface area contributed by atoms with Crippen LogP contribution < -0.4 is 5.43 Å². The van der Waals surface area contributed by atoms with E-state index < -0.39 is 6.04 Å². The molecule has 1 aliphatic rings. The molecule has 0 saturated carbocycles. The number of rotatable bonds is 3. The number of benzene rings is 2. The average Bonchev–Trinajstić information content (AvgIpc) is 3.02. The van der Waals surface area contributed by atoms with Gasteiger partial charge in [-0.25, -0.2) is 4.39 Å². The lowest BCUT2D eigenvalue weighted by Crippen LogP contribution is -2.29. The average molecular weight is 400 g/mol. The van der Waals surface area contributed by atoms with E-state index in [1.54, 1.807) is 47.6 Å². The normalized spacial score (nSPS) is 15.6. The van der Waals surface area contributed by atoms with Gasteiger partial charge in [0.25, 0.3) is 5.91 Å². The summed E-state index contributed by atoms with van der Waals surface area (Å²) in [4.78, 5) is 32.4. The molecule has 6 heteroatoms. The smallest absolute Gasteiger partial charge is 0.291 e. The van der Waals surface area contributed by atoms with E-state index in [-0.39, 0.29) is 35.0 Å². The van der Waals surface area contributed by atoms with E-state index in [0.29, 0.717) is 16.5 Å². The molecule has 0 bridgehead atoms. The monoisotopic (exact) mass is 400 g/mol. The van der Waals surface area contributed by atoms with Gasteiger partial charge in [-0.15, -0.1) is 0 Å². The minimum atomic E-state index is -0.672. The zero-order valence-electron chi connectivity index (χ0n) is 16.1. The van der Waals surface area contributed by atoms with Crippen molar-refractivity contribution in [3.05, 3.63) is 111 Å². The van der Waals surface area contributed by atoms with E-state index in [0.717, 1.165) is 11.1 Å². The Morgan fingerprint density at radius 2 is 1.90 bits per heavy atom. The van der Waals surface area contributed by atoms with Crippen LogP contribution in [0.4, 0.5) is 4.39 Å². The Bertz CT molecular complexity index is 1330. The maximum absolute atomic E-state index is 13.6. The summed E-state index contributed by atoms with van der Waals surface area (Å²) in [5.41, 5.74) is 2.80. The van der Waals surface area contributed by atoms with Gasteiger partial charge in [-0.3, -0.25) is 14.6 Å². The van der Waals surface area contributed by atoms with Crippen molar-refractivity contribution in [1.29, 1.82) is 0 Å². The fourth-order valence-corrected chi connectivity index (χ4v) is 3.98. The fourth-order valence-electron chi connectivity index (χ4n) is 3.98. The number of aromatic nitrogens is 1. The molecule has 4 aromatic rings. The number of amides is 1. The SMILES string of the molecule is Cc1ccc2oc3c(c(=O)c2c1)[C@@H](c1ccc(F)cc1)N(Cc1cccnc1)C3=O. The summed E-state index contributed by atoms with van der Waals surface area (Å²) in [5.74, 6) is -0.722. The third-order valence-electron chi connectivity index (χ3n) is 5.38. The van der Waals surface area contributed by atoms with Gasteiger partial charge in [0.05, 0.1) is 17.0 Å². The number of pyridine rings is 1. The molecule has 30 heavy (non-hydrogen) atoms. The van der Waals surface area contributed by atoms with E-state index in [4.69, 9.17) is 4.42 Å². The van der Waals surface area contributed by atoms with Crippen LogP contribution in [-0.4, -0.2) is 15.8 Å². The van der Waals surface area contributed by atoms with Crippen molar-refractivity contribution in [3.63, 3.8) is 0 Å². The lowest BCUT2D eigenvalue weighted by molar-refractivity contribution is 0.0714. The second-order valence-electron chi connectivity index (χ2n) is 7.42. The summed E-state index contributed by atoms with van der Waals surface area (Å²) in [5, 5.41) is 0.428. The standard InChI is InChI=1S/C24H17FN2O3/c1-14-4-9-19-18(11-14)22(28)20-21(16-5-7-17(25)8-6-16)27(24(29)23(20)30-19)13-15-3-2-10-26-12-15/h2-12,21H,13H2,1H3/t21-/m1/s1. The first-order valence-electron chi connectivity index (χ1n) is 9.55. The molecule has 0 fully saturated rings. The fraction of sp³-hybridized carbons (Fsp3) is 0.125. The number of carbonyl (C=O) groups excluding carboxylic acids is 1. The van der Waals surface area contributed by atoms with Crippen molar-refractivity contribution < 1.29 is 13.6 Å². The second kappa shape index (κ2) is 6.91. The first kappa shape index (κ1) is 18.2. The molecule has 0 spiro atoms. The van der Waals surface area contributed by atoms with Gasteiger partial charge in [0.2, 0.25) is 5.76 Å². The Hall–Kier alpha value is -3.80. The van der Waals surface area contributed by atoms with E-state index in [1.165, 1.54) is 12.1 Å². The van der Waals surface area contributed by atoms with E-state index in [9.17, 15) is 14.0 Å². The first-order chi connectivity index (χ1) is 14.5. The lowest BCUT2D eigenvalue weighted by Gasteiger charge is -2.25. The van der Waals surface area contributed by atoms with Crippen LogP contribution in [0, 0.1) is 12.7 Å². The molecule has 1 amide bonds. The molecule has 1 aliphatic heterocycles. The summed E-state index contributed by atoms with van der Waals surface area (Å²) < 4.78 is 19.5. The minimum Gasteiger partial charge on any atom is -0.450 e. The van der Waals surface area contributed by atoms with Gasteiger partial charge in [0.15, 0.2) is 5.43 Å². The molecular weight excluding hydrogens is 383 g/mol. The van der Waals surface area contributed by atoms with Crippen LogP contribution in [0.2, 0.25) is 0 Å². The Kier molecular flexibility index (Phi) is 4.20.